The zero-order valence-corrected chi connectivity index (χ0v) is 9.58. The molecule has 0 radical (unpaired) electrons. The zero-order chi connectivity index (χ0) is 11.3. The lowest BCUT2D eigenvalue weighted by atomic mass is 10.2. The lowest BCUT2D eigenvalue weighted by molar-refractivity contribution is 0.0950. The van der Waals surface area contributed by atoms with E-state index in [0.717, 1.165) is 18.5 Å². The van der Waals surface area contributed by atoms with E-state index in [1.165, 1.54) is 0 Å². The quantitative estimate of drug-likeness (QED) is 0.806. The molecular weight excluding hydrogens is 188 g/mol. The first-order valence-corrected chi connectivity index (χ1v) is 5.49. The van der Waals surface area contributed by atoms with Crippen LogP contribution in [0.5, 0.6) is 0 Å². The summed E-state index contributed by atoms with van der Waals surface area (Å²) in [5.41, 5.74) is 1.58. The molecule has 0 bridgehead atoms. The summed E-state index contributed by atoms with van der Waals surface area (Å²) < 4.78 is 0. The van der Waals surface area contributed by atoms with Crippen LogP contribution in [-0.2, 0) is 0 Å². The number of carbonyl (C=O) groups is 1. The van der Waals surface area contributed by atoms with Crippen LogP contribution in [0.1, 0.15) is 42.7 Å². The van der Waals surface area contributed by atoms with Crippen molar-refractivity contribution in [2.75, 3.05) is 0 Å². The number of pyridine rings is 1. The van der Waals surface area contributed by atoms with Crippen LogP contribution in [0.15, 0.2) is 18.3 Å². The summed E-state index contributed by atoms with van der Waals surface area (Å²) in [4.78, 5) is 15.5. The fraction of sp³-hybridized carbons (Fsp3) is 0.500. The predicted molar refractivity (Wildman–Crippen MR) is 60.8 cm³/mol. The average molecular weight is 206 g/mol. The second-order valence-electron chi connectivity index (χ2n) is 3.44. The first-order valence-electron chi connectivity index (χ1n) is 5.49. The summed E-state index contributed by atoms with van der Waals surface area (Å²) in [7, 11) is 0. The number of aromatic nitrogens is 1. The van der Waals surface area contributed by atoms with Crippen molar-refractivity contribution < 1.29 is 4.79 Å². The Morgan fingerprint density at radius 2 is 2.07 bits per heavy atom. The lowest BCUT2D eigenvalue weighted by Crippen LogP contribution is -2.25. The molecule has 1 N–H and O–H groups in total. The molecule has 1 heterocycles. The molecule has 2 rings (SSSR count). The van der Waals surface area contributed by atoms with Crippen LogP contribution in [0, 0.1) is 6.92 Å². The minimum absolute atomic E-state index is 0.00463. The van der Waals surface area contributed by atoms with Gasteiger partial charge in [0.15, 0.2) is 0 Å². The van der Waals surface area contributed by atoms with Crippen LogP contribution in [0.2, 0.25) is 0 Å². The monoisotopic (exact) mass is 206 g/mol. The number of nitrogens with zero attached hydrogens (tertiary/aromatic N) is 1. The van der Waals surface area contributed by atoms with E-state index in [2.05, 4.69) is 10.3 Å². The fourth-order valence-corrected chi connectivity index (χ4v) is 1.10. The van der Waals surface area contributed by atoms with Gasteiger partial charge in [0, 0.05) is 17.9 Å². The molecule has 82 valence electrons. The summed E-state index contributed by atoms with van der Waals surface area (Å²) in [6.07, 6.45) is 3.85. The van der Waals surface area contributed by atoms with E-state index in [9.17, 15) is 4.79 Å². The highest BCUT2D eigenvalue weighted by molar-refractivity contribution is 5.94. The molecule has 15 heavy (non-hydrogen) atoms. The van der Waals surface area contributed by atoms with Crippen LogP contribution in [0.4, 0.5) is 0 Å². The van der Waals surface area contributed by atoms with Gasteiger partial charge in [0.2, 0.25) is 0 Å². The van der Waals surface area contributed by atoms with Gasteiger partial charge in [-0.25, -0.2) is 0 Å². The highest BCUT2D eigenvalue weighted by atomic mass is 16.1. The second kappa shape index (κ2) is 5.49. The number of rotatable bonds is 2. The topological polar surface area (TPSA) is 42.0 Å². The number of hydrogen-bond acceptors (Lipinski definition) is 2. The van der Waals surface area contributed by atoms with Gasteiger partial charge < -0.3 is 5.32 Å². The molecule has 0 aliphatic heterocycles. The molecule has 1 amide bonds. The van der Waals surface area contributed by atoms with Crippen molar-refractivity contribution in [2.24, 2.45) is 0 Å². The molecule has 3 nitrogen and oxygen atoms in total. The van der Waals surface area contributed by atoms with Gasteiger partial charge in [-0.15, -0.1) is 0 Å². The van der Waals surface area contributed by atoms with E-state index in [4.69, 9.17) is 0 Å². The molecule has 0 atom stereocenters. The number of carbonyl (C=O) groups excluding carboxylic acids is 1. The van der Waals surface area contributed by atoms with Gasteiger partial charge in [-0.1, -0.05) is 13.8 Å². The molecule has 1 aromatic rings. The fourth-order valence-electron chi connectivity index (χ4n) is 1.10. The predicted octanol–water partition coefficient (Wildman–Crippen LogP) is 2.31. The maximum Gasteiger partial charge on any atom is 0.253 e. The Labute approximate surface area is 90.9 Å². The highest BCUT2D eigenvalue weighted by Crippen LogP contribution is 2.19. The van der Waals surface area contributed by atoms with Crippen LogP contribution < -0.4 is 5.32 Å². The Balaban J connectivity index is 0.000000531. The van der Waals surface area contributed by atoms with Gasteiger partial charge >= 0.3 is 0 Å². The Hall–Kier alpha value is -1.38. The van der Waals surface area contributed by atoms with E-state index < -0.39 is 0 Å². The Morgan fingerprint density at radius 3 is 2.53 bits per heavy atom. The van der Waals surface area contributed by atoms with Gasteiger partial charge in [0.25, 0.3) is 5.91 Å². The Kier molecular flexibility index (Phi) is 4.28. The summed E-state index contributed by atoms with van der Waals surface area (Å²) in [6.45, 7) is 5.91. The second-order valence-corrected chi connectivity index (χ2v) is 3.44. The van der Waals surface area contributed by atoms with E-state index in [1.807, 2.05) is 26.8 Å². The maximum absolute atomic E-state index is 11.5. The Bertz CT molecular complexity index is 315. The van der Waals surface area contributed by atoms with Crippen molar-refractivity contribution in [2.45, 2.75) is 39.7 Å². The summed E-state index contributed by atoms with van der Waals surface area (Å²) in [5, 5.41) is 2.91. The molecule has 1 saturated carbocycles. The number of amides is 1. The van der Waals surface area contributed by atoms with E-state index >= 15 is 0 Å². The molecule has 0 aromatic carbocycles. The number of hydrogen-bond donors (Lipinski definition) is 1. The normalized spacial score (nSPS) is 13.8. The third kappa shape index (κ3) is 3.70. The third-order valence-electron chi connectivity index (χ3n) is 2.09. The molecule has 0 saturated heterocycles. The largest absolute Gasteiger partial charge is 0.349 e. The van der Waals surface area contributed by atoms with Crippen molar-refractivity contribution in [3.63, 3.8) is 0 Å². The van der Waals surface area contributed by atoms with Crippen LogP contribution >= 0.6 is 0 Å². The van der Waals surface area contributed by atoms with Crippen molar-refractivity contribution in [3.8, 4) is 0 Å². The minimum atomic E-state index is -0.00463. The molecule has 0 unspecified atom stereocenters. The molecular formula is C12H18N2O. The first kappa shape index (κ1) is 11.7. The van der Waals surface area contributed by atoms with Gasteiger partial charge in [0.05, 0.1) is 5.56 Å². The van der Waals surface area contributed by atoms with E-state index in [1.54, 1.807) is 12.3 Å². The van der Waals surface area contributed by atoms with Crippen molar-refractivity contribution in [3.05, 3.63) is 29.6 Å². The average Bonchev–Trinajstić information content (AvgIpc) is 3.06. The third-order valence-corrected chi connectivity index (χ3v) is 2.09. The lowest BCUT2D eigenvalue weighted by Gasteiger charge is -2.02. The molecule has 3 heteroatoms. The van der Waals surface area contributed by atoms with Gasteiger partial charge in [0.1, 0.15) is 0 Å². The molecule has 1 aliphatic carbocycles. The van der Waals surface area contributed by atoms with E-state index in [0.29, 0.717) is 11.6 Å². The number of nitrogens with one attached hydrogen (secondary N) is 1. The van der Waals surface area contributed by atoms with Gasteiger partial charge in [-0.2, -0.15) is 0 Å². The smallest absolute Gasteiger partial charge is 0.253 e. The summed E-state index contributed by atoms with van der Waals surface area (Å²) in [6, 6.07) is 4.07. The summed E-state index contributed by atoms with van der Waals surface area (Å²) in [5.74, 6) is -0.00463. The van der Waals surface area contributed by atoms with Crippen LogP contribution in [0.25, 0.3) is 0 Å². The van der Waals surface area contributed by atoms with E-state index in [-0.39, 0.29) is 5.91 Å². The molecule has 1 fully saturated rings. The maximum atomic E-state index is 11.5. The van der Waals surface area contributed by atoms with Crippen molar-refractivity contribution in [1.29, 1.82) is 0 Å². The first-order chi connectivity index (χ1) is 7.25. The molecule has 1 aromatic heterocycles. The molecule has 1 aliphatic rings. The number of aryl methyl sites for hydroxylation is 1. The van der Waals surface area contributed by atoms with Crippen molar-refractivity contribution >= 4 is 5.91 Å². The van der Waals surface area contributed by atoms with Gasteiger partial charge in [-0.05, 0) is 31.9 Å². The van der Waals surface area contributed by atoms with Crippen LogP contribution in [-0.4, -0.2) is 16.9 Å². The van der Waals surface area contributed by atoms with Crippen molar-refractivity contribution in [1.82, 2.24) is 10.3 Å². The zero-order valence-electron chi connectivity index (χ0n) is 9.58. The minimum Gasteiger partial charge on any atom is -0.349 e. The SMILES string of the molecule is CC.Cc1ccc(C(=O)NC2CC2)cn1. The summed E-state index contributed by atoms with van der Waals surface area (Å²) >= 11 is 0. The molecule has 0 spiro atoms. The van der Waals surface area contributed by atoms with Crippen LogP contribution in [0.3, 0.4) is 0 Å². The Morgan fingerprint density at radius 1 is 1.40 bits per heavy atom. The van der Waals surface area contributed by atoms with Gasteiger partial charge in [-0.3, -0.25) is 9.78 Å². The highest BCUT2D eigenvalue weighted by Gasteiger charge is 2.23. The standard InChI is InChI=1S/C10H12N2O.C2H6/c1-7-2-3-8(6-11-7)10(13)12-9-4-5-9;1-2/h2-3,6,9H,4-5H2,1H3,(H,12,13);1-2H3.